The molecule has 26 heavy (non-hydrogen) atoms. The molecule has 0 radical (unpaired) electrons. The second kappa shape index (κ2) is 7.21. The summed E-state index contributed by atoms with van der Waals surface area (Å²) in [6.45, 7) is 4.45. The zero-order chi connectivity index (χ0) is 18.0. The van der Waals surface area contributed by atoms with Crippen LogP contribution < -0.4 is 0 Å². The van der Waals surface area contributed by atoms with Crippen molar-refractivity contribution in [2.75, 3.05) is 19.7 Å². The van der Waals surface area contributed by atoms with E-state index >= 15 is 0 Å². The van der Waals surface area contributed by atoms with Gasteiger partial charge in [0.1, 0.15) is 5.76 Å². The van der Waals surface area contributed by atoms with Gasteiger partial charge in [0.15, 0.2) is 0 Å². The van der Waals surface area contributed by atoms with Gasteiger partial charge < -0.3 is 18.8 Å². The van der Waals surface area contributed by atoms with Gasteiger partial charge in [-0.25, -0.2) is 0 Å². The van der Waals surface area contributed by atoms with Crippen LogP contribution in [0.3, 0.4) is 0 Å². The maximum atomic E-state index is 12.6. The largest absolute Gasteiger partial charge is 0.469 e. The predicted molar refractivity (Wildman–Crippen MR) is 94.7 cm³/mol. The second-order valence-corrected chi connectivity index (χ2v) is 7.17. The molecular weight excluding hydrogens is 332 g/mol. The fourth-order valence-corrected chi connectivity index (χ4v) is 3.85. The van der Waals surface area contributed by atoms with Gasteiger partial charge in [-0.1, -0.05) is 0 Å². The molecule has 0 N–H and O–H groups in total. The van der Waals surface area contributed by atoms with Gasteiger partial charge in [-0.2, -0.15) is 0 Å². The van der Waals surface area contributed by atoms with E-state index in [2.05, 4.69) is 4.98 Å². The minimum Gasteiger partial charge on any atom is -0.469 e. The van der Waals surface area contributed by atoms with Crippen molar-refractivity contribution in [3.8, 4) is 0 Å². The van der Waals surface area contributed by atoms with Crippen molar-refractivity contribution < 1.29 is 18.7 Å². The molecule has 0 bridgehead atoms. The molecule has 4 rings (SSSR count). The average Bonchev–Trinajstić information content (AvgIpc) is 3.27. The lowest BCUT2D eigenvalue weighted by Gasteiger charge is -2.38. The van der Waals surface area contributed by atoms with Crippen LogP contribution in [-0.2, 0) is 16.1 Å². The number of rotatable bonds is 4. The summed E-state index contributed by atoms with van der Waals surface area (Å²) in [5, 5.41) is 0. The van der Waals surface area contributed by atoms with Crippen LogP contribution in [-0.4, -0.2) is 47.2 Å². The number of hydrogen-bond donors (Lipinski definition) is 0. The minimum absolute atomic E-state index is 0.0505. The summed E-state index contributed by atoms with van der Waals surface area (Å²) in [6.07, 6.45) is 7.83. The number of amides is 1. The Labute approximate surface area is 153 Å². The Hall–Kier alpha value is -2.18. The van der Waals surface area contributed by atoms with Crippen LogP contribution in [0.5, 0.6) is 0 Å². The van der Waals surface area contributed by atoms with Crippen LogP contribution in [0.4, 0.5) is 0 Å². The quantitative estimate of drug-likeness (QED) is 0.843. The number of hydrogen-bond acceptors (Lipinski definition) is 5. The molecule has 2 saturated heterocycles. The van der Waals surface area contributed by atoms with Crippen LogP contribution in [0.25, 0.3) is 0 Å². The Kier molecular flexibility index (Phi) is 4.78. The lowest BCUT2D eigenvalue weighted by Crippen LogP contribution is -2.46. The van der Waals surface area contributed by atoms with Crippen LogP contribution in [0.2, 0.25) is 0 Å². The summed E-state index contributed by atoms with van der Waals surface area (Å²) in [5.41, 5.74) is 1.63. The number of furan rings is 1. The summed E-state index contributed by atoms with van der Waals surface area (Å²) in [6, 6.07) is 5.68. The van der Waals surface area contributed by atoms with Gasteiger partial charge >= 0.3 is 0 Å². The summed E-state index contributed by atoms with van der Waals surface area (Å²) in [4.78, 5) is 18.5. The van der Waals surface area contributed by atoms with Crippen molar-refractivity contribution in [1.29, 1.82) is 0 Å². The SMILES string of the molecule is Cc1occc1C(=O)N1CCC2(CC1)CC(OCc1ccncc1)CO2. The minimum atomic E-state index is -0.148. The Morgan fingerprint density at radius 3 is 2.77 bits per heavy atom. The third kappa shape index (κ3) is 3.52. The zero-order valence-corrected chi connectivity index (χ0v) is 15.0. The normalized spacial score (nSPS) is 22.0. The molecule has 6 heteroatoms. The van der Waals surface area contributed by atoms with Gasteiger partial charge in [0.2, 0.25) is 0 Å². The van der Waals surface area contributed by atoms with Crippen molar-refractivity contribution in [2.24, 2.45) is 0 Å². The van der Waals surface area contributed by atoms with Crippen LogP contribution >= 0.6 is 0 Å². The predicted octanol–water partition coefficient (Wildman–Crippen LogP) is 2.96. The van der Waals surface area contributed by atoms with E-state index in [1.807, 2.05) is 24.0 Å². The fraction of sp³-hybridized carbons (Fsp3) is 0.500. The first-order chi connectivity index (χ1) is 12.7. The Morgan fingerprint density at radius 1 is 1.31 bits per heavy atom. The summed E-state index contributed by atoms with van der Waals surface area (Å²) in [5.74, 6) is 0.728. The Bertz CT molecular complexity index is 750. The first kappa shape index (κ1) is 17.2. The lowest BCUT2D eigenvalue weighted by atomic mass is 9.87. The number of carbonyl (C=O) groups excluding carboxylic acids is 1. The van der Waals surface area contributed by atoms with E-state index in [1.165, 1.54) is 0 Å². The van der Waals surface area contributed by atoms with Crippen molar-refractivity contribution in [2.45, 2.75) is 44.5 Å². The summed E-state index contributed by atoms with van der Waals surface area (Å²) >= 11 is 0. The molecule has 0 aliphatic carbocycles. The van der Waals surface area contributed by atoms with Crippen molar-refractivity contribution in [1.82, 2.24) is 9.88 Å². The maximum Gasteiger partial charge on any atom is 0.257 e. The third-order valence-electron chi connectivity index (χ3n) is 5.46. The molecule has 2 aromatic rings. The highest BCUT2D eigenvalue weighted by Crippen LogP contribution is 2.37. The number of piperidine rings is 1. The monoisotopic (exact) mass is 356 g/mol. The highest BCUT2D eigenvalue weighted by molar-refractivity contribution is 5.95. The van der Waals surface area contributed by atoms with Gasteiger partial charge in [0, 0.05) is 31.9 Å². The van der Waals surface area contributed by atoms with Crippen LogP contribution in [0.1, 0.15) is 40.9 Å². The fourth-order valence-electron chi connectivity index (χ4n) is 3.85. The number of aromatic nitrogens is 1. The molecule has 1 unspecified atom stereocenters. The molecule has 2 aliphatic rings. The van der Waals surface area contributed by atoms with Gasteiger partial charge in [-0.05, 0) is 43.5 Å². The Morgan fingerprint density at radius 2 is 2.08 bits per heavy atom. The molecule has 2 aliphatic heterocycles. The number of likely N-dealkylation sites (tertiary alicyclic amines) is 1. The van der Waals surface area contributed by atoms with E-state index in [1.54, 1.807) is 24.7 Å². The smallest absolute Gasteiger partial charge is 0.257 e. The van der Waals surface area contributed by atoms with Crippen molar-refractivity contribution in [3.05, 3.63) is 53.7 Å². The molecule has 4 heterocycles. The maximum absolute atomic E-state index is 12.6. The molecule has 0 saturated carbocycles. The summed E-state index contributed by atoms with van der Waals surface area (Å²) in [7, 11) is 0. The van der Waals surface area contributed by atoms with Crippen molar-refractivity contribution in [3.63, 3.8) is 0 Å². The average molecular weight is 356 g/mol. The number of pyridine rings is 1. The van der Waals surface area contributed by atoms with E-state index in [9.17, 15) is 4.79 Å². The number of ether oxygens (including phenoxy) is 2. The molecule has 2 fully saturated rings. The number of aryl methyl sites for hydroxylation is 1. The van der Waals surface area contributed by atoms with E-state index in [0.717, 1.165) is 24.8 Å². The molecule has 1 spiro atoms. The van der Waals surface area contributed by atoms with E-state index in [4.69, 9.17) is 13.9 Å². The standard InChI is InChI=1S/C20H24N2O4/c1-15-18(4-11-24-15)19(23)22-9-5-20(6-10-22)12-17(14-26-20)25-13-16-2-7-21-8-3-16/h2-4,7-8,11,17H,5-6,9-10,12-14H2,1H3. The number of nitrogens with zero attached hydrogens (tertiary/aromatic N) is 2. The first-order valence-corrected chi connectivity index (χ1v) is 9.13. The highest BCUT2D eigenvalue weighted by Gasteiger charge is 2.44. The molecule has 6 nitrogen and oxygen atoms in total. The molecular formula is C20H24N2O4. The van der Waals surface area contributed by atoms with Crippen LogP contribution in [0, 0.1) is 6.92 Å². The van der Waals surface area contributed by atoms with Gasteiger partial charge in [0.25, 0.3) is 5.91 Å². The van der Waals surface area contributed by atoms with Gasteiger partial charge in [-0.3, -0.25) is 9.78 Å². The van der Waals surface area contributed by atoms with Gasteiger partial charge in [-0.15, -0.1) is 0 Å². The van der Waals surface area contributed by atoms with E-state index in [-0.39, 0.29) is 17.6 Å². The first-order valence-electron chi connectivity index (χ1n) is 9.13. The molecule has 1 amide bonds. The lowest BCUT2D eigenvalue weighted by molar-refractivity contribution is -0.0412. The van der Waals surface area contributed by atoms with Crippen LogP contribution in [0.15, 0.2) is 41.3 Å². The molecule has 2 aromatic heterocycles. The van der Waals surface area contributed by atoms with Crippen molar-refractivity contribution >= 4 is 5.91 Å². The topological polar surface area (TPSA) is 64.8 Å². The Balaban J connectivity index is 1.29. The zero-order valence-electron chi connectivity index (χ0n) is 15.0. The molecule has 138 valence electrons. The van der Waals surface area contributed by atoms with E-state index < -0.39 is 0 Å². The highest BCUT2D eigenvalue weighted by atomic mass is 16.6. The molecule has 1 atom stereocenters. The number of carbonyl (C=O) groups is 1. The molecule has 0 aromatic carbocycles. The second-order valence-electron chi connectivity index (χ2n) is 7.17. The van der Waals surface area contributed by atoms with Gasteiger partial charge in [0.05, 0.1) is 36.7 Å². The third-order valence-corrected chi connectivity index (χ3v) is 5.46. The summed E-state index contributed by atoms with van der Waals surface area (Å²) < 4.78 is 17.4. The van der Waals surface area contributed by atoms with E-state index in [0.29, 0.717) is 37.6 Å².